The van der Waals surface area contributed by atoms with Gasteiger partial charge in [0.25, 0.3) is 0 Å². The van der Waals surface area contributed by atoms with Gasteiger partial charge in [-0.1, -0.05) is 42.5 Å². The maximum Gasteiger partial charge on any atom is 0.514 e. The van der Waals surface area contributed by atoms with Crippen LogP contribution in [0.5, 0.6) is 34.5 Å². The van der Waals surface area contributed by atoms with Gasteiger partial charge >= 0.3 is 24.6 Å². The molecule has 0 fully saturated rings. The fourth-order valence-corrected chi connectivity index (χ4v) is 6.60. The van der Waals surface area contributed by atoms with Crippen LogP contribution in [0.1, 0.15) is 111 Å². The summed E-state index contributed by atoms with van der Waals surface area (Å²) in [6, 6.07) is 27.3. The minimum absolute atomic E-state index is 0.0923. The Labute approximate surface area is 392 Å². The Balaban J connectivity index is 1.77. The highest BCUT2D eigenvalue weighted by Crippen LogP contribution is 2.47. The molecule has 0 atom stereocenters. The lowest BCUT2D eigenvalue weighted by atomic mass is 9.81. The van der Waals surface area contributed by atoms with E-state index in [0.717, 1.165) is 0 Å². The summed E-state index contributed by atoms with van der Waals surface area (Å²) in [6.45, 7) is 22.4. The molecule has 67 heavy (non-hydrogen) atoms. The van der Waals surface area contributed by atoms with Crippen molar-refractivity contribution in [1.82, 2.24) is 0 Å². The normalized spacial score (nSPS) is 11.9. The maximum atomic E-state index is 13.5. The number of aryl methyl sites for hydroxylation is 1. The molecular weight excluding hydrogens is 861 g/mol. The highest BCUT2D eigenvalue weighted by atomic mass is 16.7. The van der Waals surface area contributed by atoms with E-state index in [4.69, 9.17) is 42.6 Å². The second kappa shape index (κ2) is 20.1. The van der Waals surface area contributed by atoms with Crippen LogP contribution in [0.25, 0.3) is 22.3 Å². The molecule has 0 aliphatic rings. The molecule has 0 saturated carbocycles. The predicted molar refractivity (Wildman–Crippen MR) is 252 cm³/mol. The first kappa shape index (κ1) is 50.8. The molecule has 356 valence electrons. The summed E-state index contributed by atoms with van der Waals surface area (Å²) >= 11 is 0. The van der Waals surface area contributed by atoms with Crippen molar-refractivity contribution in [2.75, 3.05) is 7.11 Å². The van der Waals surface area contributed by atoms with E-state index in [1.54, 1.807) is 175 Å². The summed E-state index contributed by atoms with van der Waals surface area (Å²) in [6.07, 6.45) is -3.66. The third-order valence-electron chi connectivity index (χ3n) is 9.21. The molecular formula is C53H60O14. The van der Waals surface area contributed by atoms with Crippen molar-refractivity contribution in [1.29, 1.82) is 0 Å². The summed E-state index contributed by atoms with van der Waals surface area (Å²) in [5.41, 5.74) is 1.14. The van der Waals surface area contributed by atoms with E-state index >= 15 is 0 Å². The Kier molecular flexibility index (Phi) is 15.2. The van der Waals surface area contributed by atoms with Gasteiger partial charge in [-0.05, 0) is 178 Å². The number of hydrogen-bond acceptors (Lipinski definition) is 14. The fourth-order valence-electron chi connectivity index (χ4n) is 6.60. The number of phenolic OH excluding ortho intramolecular Hbond substituents is 1. The molecule has 5 aromatic rings. The van der Waals surface area contributed by atoms with Crippen LogP contribution in [0.15, 0.2) is 97.1 Å². The molecule has 0 aromatic heterocycles. The van der Waals surface area contributed by atoms with E-state index in [-0.39, 0.29) is 34.5 Å². The third kappa shape index (κ3) is 14.9. The zero-order valence-corrected chi connectivity index (χ0v) is 40.6. The van der Waals surface area contributed by atoms with Crippen molar-refractivity contribution < 1.29 is 66.9 Å². The summed E-state index contributed by atoms with van der Waals surface area (Å²) in [4.78, 5) is 52.0. The van der Waals surface area contributed by atoms with Crippen LogP contribution in [0.3, 0.4) is 0 Å². The number of carbonyl (C=O) groups excluding carboxylic acids is 4. The summed E-state index contributed by atoms with van der Waals surface area (Å²) < 4.78 is 50.4. The standard InChI is InChI=1S/C53H60O14/c1-31-27-36(30-43(59-14)45(31)54)44(39-28-34(19-25-41(39)62-48(57)66-52(8,9)10)32-15-21-37(22-16-32)60-46(55)64-50(2,3)4)40-29-35(20-26-42(40)63-49(58)67-53(11,12)13)33-17-23-38(24-18-33)61-47(56)65-51(5,6)7/h15-30,44,54H,1-14H3. The first-order chi connectivity index (χ1) is 31.1. The highest BCUT2D eigenvalue weighted by Gasteiger charge is 2.31. The molecule has 14 nitrogen and oxygen atoms in total. The number of benzene rings is 5. The summed E-state index contributed by atoms with van der Waals surface area (Å²) in [5.74, 6) is -0.212. The van der Waals surface area contributed by atoms with Crippen molar-refractivity contribution in [2.24, 2.45) is 0 Å². The quantitative estimate of drug-likeness (QED) is 0.0607. The fraction of sp³-hybridized carbons (Fsp3) is 0.358. The molecule has 5 aromatic carbocycles. The van der Waals surface area contributed by atoms with Crippen molar-refractivity contribution in [2.45, 2.75) is 118 Å². The minimum atomic E-state index is -0.976. The monoisotopic (exact) mass is 920 g/mol. The molecule has 0 heterocycles. The Morgan fingerprint density at radius 1 is 0.433 bits per heavy atom. The number of methoxy groups -OCH3 is 1. The predicted octanol–water partition coefficient (Wildman–Crippen LogP) is 13.5. The molecule has 0 amide bonds. The van der Waals surface area contributed by atoms with Crippen molar-refractivity contribution in [3.05, 3.63) is 119 Å². The SMILES string of the molecule is COc1cc(C(c2cc(-c3ccc(OC(=O)OC(C)(C)C)cc3)ccc2OC(=O)OC(C)(C)C)c2cc(-c3ccc(OC(=O)OC(C)(C)C)cc3)ccc2OC(=O)OC(C)(C)C)cc(C)c1O. The molecule has 0 aliphatic carbocycles. The van der Waals surface area contributed by atoms with Crippen LogP contribution in [0.2, 0.25) is 0 Å². The number of carbonyl (C=O) groups is 4. The van der Waals surface area contributed by atoms with Gasteiger partial charge in [0.05, 0.1) is 7.11 Å². The van der Waals surface area contributed by atoms with Gasteiger partial charge in [0.2, 0.25) is 0 Å². The van der Waals surface area contributed by atoms with Gasteiger partial charge in [-0.15, -0.1) is 0 Å². The zero-order chi connectivity index (χ0) is 49.6. The molecule has 14 heteroatoms. The van der Waals surface area contributed by atoms with Crippen molar-refractivity contribution >= 4 is 24.6 Å². The van der Waals surface area contributed by atoms with Crippen LogP contribution < -0.4 is 23.7 Å². The van der Waals surface area contributed by atoms with Gasteiger partial charge in [0.15, 0.2) is 11.5 Å². The van der Waals surface area contributed by atoms with Gasteiger partial charge in [-0.3, -0.25) is 0 Å². The van der Waals surface area contributed by atoms with Crippen molar-refractivity contribution in [3.63, 3.8) is 0 Å². The zero-order valence-electron chi connectivity index (χ0n) is 40.6. The number of rotatable bonds is 10. The second-order valence-electron chi connectivity index (χ2n) is 19.6. The van der Waals surface area contributed by atoms with Crippen molar-refractivity contribution in [3.8, 4) is 56.8 Å². The lowest BCUT2D eigenvalue weighted by Gasteiger charge is -2.27. The van der Waals surface area contributed by atoms with Crippen LogP contribution >= 0.6 is 0 Å². The Bertz CT molecular complexity index is 2430. The third-order valence-corrected chi connectivity index (χ3v) is 9.21. The van der Waals surface area contributed by atoms with E-state index in [2.05, 4.69) is 0 Å². The van der Waals surface area contributed by atoms with E-state index < -0.39 is 52.9 Å². The summed E-state index contributed by atoms with van der Waals surface area (Å²) in [7, 11) is 1.43. The molecule has 0 radical (unpaired) electrons. The van der Waals surface area contributed by atoms with E-state index in [9.17, 15) is 24.3 Å². The molecule has 0 saturated heterocycles. The molecule has 1 N–H and O–H groups in total. The van der Waals surface area contributed by atoms with E-state index in [1.807, 2.05) is 12.1 Å². The number of aromatic hydroxyl groups is 1. The number of phenols is 1. The molecule has 0 bridgehead atoms. The van der Waals surface area contributed by atoms with E-state index in [1.165, 1.54) is 7.11 Å². The van der Waals surface area contributed by atoms with Crippen LogP contribution in [-0.2, 0) is 18.9 Å². The van der Waals surface area contributed by atoms with Crippen LogP contribution in [-0.4, -0.2) is 59.2 Å². The first-order valence-electron chi connectivity index (χ1n) is 21.6. The molecule has 0 spiro atoms. The Morgan fingerprint density at radius 2 is 0.761 bits per heavy atom. The Hall–Kier alpha value is -7.22. The lowest BCUT2D eigenvalue weighted by molar-refractivity contribution is 0.0190. The molecule has 0 unspecified atom stereocenters. The molecule has 0 aliphatic heterocycles. The van der Waals surface area contributed by atoms with Gasteiger partial charge in [0, 0.05) is 17.0 Å². The Morgan fingerprint density at radius 3 is 1.09 bits per heavy atom. The topological polar surface area (TPSA) is 172 Å². The minimum Gasteiger partial charge on any atom is -0.504 e. The average Bonchev–Trinajstić information content (AvgIpc) is 3.18. The van der Waals surface area contributed by atoms with Gasteiger partial charge < -0.3 is 47.7 Å². The maximum absolute atomic E-state index is 13.5. The highest BCUT2D eigenvalue weighted by molar-refractivity contribution is 5.75. The smallest absolute Gasteiger partial charge is 0.504 e. The van der Waals surface area contributed by atoms with Gasteiger partial charge in [0.1, 0.15) is 45.4 Å². The van der Waals surface area contributed by atoms with Crippen LogP contribution in [0.4, 0.5) is 19.2 Å². The first-order valence-corrected chi connectivity index (χ1v) is 21.6. The van der Waals surface area contributed by atoms with Crippen LogP contribution in [0, 0.1) is 6.92 Å². The lowest BCUT2D eigenvalue weighted by Crippen LogP contribution is -2.27. The summed E-state index contributed by atoms with van der Waals surface area (Å²) in [5, 5.41) is 11.1. The number of hydrogen-bond donors (Lipinski definition) is 1. The average molecular weight is 921 g/mol. The largest absolute Gasteiger partial charge is 0.514 e. The second-order valence-corrected chi connectivity index (χ2v) is 19.6. The molecule has 5 rings (SSSR count). The van der Waals surface area contributed by atoms with Gasteiger partial charge in [-0.2, -0.15) is 0 Å². The van der Waals surface area contributed by atoms with Gasteiger partial charge in [-0.25, -0.2) is 19.2 Å². The number of ether oxygens (including phenoxy) is 9. The van der Waals surface area contributed by atoms with E-state index in [0.29, 0.717) is 44.5 Å².